The summed E-state index contributed by atoms with van der Waals surface area (Å²) in [4.78, 5) is 18.3. The van der Waals surface area contributed by atoms with Gasteiger partial charge < -0.3 is 15.4 Å². The molecule has 1 aromatic heterocycles. The number of pyridine rings is 1. The summed E-state index contributed by atoms with van der Waals surface area (Å²) in [5, 5.41) is 0.259. The largest absolute Gasteiger partial charge is 0.397 e. The second-order valence-electron chi connectivity index (χ2n) is 6.38. The number of nitrogens with two attached hydrogens (primary N) is 1. The van der Waals surface area contributed by atoms with Crippen LogP contribution in [0.3, 0.4) is 0 Å². The third kappa shape index (κ3) is 3.22. The number of nitrogen functional groups attached to an aromatic ring is 1. The lowest BCUT2D eigenvalue weighted by Gasteiger charge is -2.47. The maximum atomic E-state index is 12.7. The lowest BCUT2D eigenvalue weighted by Crippen LogP contribution is -2.58. The highest BCUT2D eigenvalue weighted by Crippen LogP contribution is 2.29. The Kier molecular flexibility index (Phi) is 3.69. The third-order valence-corrected chi connectivity index (χ3v) is 3.32. The molecular formula is C14H20ClN3O2. The molecule has 0 saturated carbocycles. The van der Waals surface area contributed by atoms with Gasteiger partial charge in [-0.2, -0.15) is 0 Å². The second kappa shape index (κ2) is 4.90. The van der Waals surface area contributed by atoms with Gasteiger partial charge in [0.1, 0.15) is 5.15 Å². The molecule has 0 bridgehead atoms. The van der Waals surface area contributed by atoms with E-state index in [1.165, 1.54) is 12.3 Å². The second-order valence-corrected chi connectivity index (χ2v) is 6.76. The van der Waals surface area contributed by atoms with Crippen molar-refractivity contribution in [2.75, 3.05) is 18.8 Å². The fourth-order valence-corrected chi connectivity index (χ4v) is 2.89. The number of hydrogen-bond acceptors (Lipinski definition) is 4. The van der Waals surface area contributed by atoms with Crippen LogP contribution in [0, 0.1) is 0 Å². The SMILES string of the molecule is CC1(C)CN(C(=O)c2cc(Cl)ncc2N)CC(C)(C)O1. The van der Waals surface area contributed by atoms with Crippen LogP contribution in [0.25, 0.3) is 0 Å². The molecule has 1 amide bonds. The number of carbonyl (C=O) groups excluding carboxylic acids is 1. The Bertz CT molecular complexity index is 527. The van der Waals surface area contributed by atoms with Crippen LogP contribution >= 0.6 is 11.6 Å². The van der Waals surface area contributed by atoms with Crippen LogP contribution in [0.2, 0.25) is 5.15 Å². The minimum atomic E-state index is -0.400. The lowest BCUT2D eigenvalue weighted by molar-refractivity contribution is -0.171. The van der Waals surface area contributed by atoms with Crippen molar-refractivity contribution in [3.05, 3.63) is 23.0 Å². The van der Waals surface area contributed by atoms with E-state index in [1.807, 2.05) is 27.7 Å². The summed E-state index contributed by atoms with van der Waals surface area (Å²) in [6.07, 6.45) is 1.41. The molecule has 0 aliphatic carbocycles. The van der Waals surface area contributed by atoms with E-state index in [0.29, 0.717) is 24.3 Å². The van der Waals surface area contributed by atoms with E-state index in [9.17, 15) is 4.79 Å². The van der Waals surface area contributed by atoms with Gasteiger partial charge in [-0.1, -0.05) is 11.6 Å². The van der Waals surface area contributed by atoms with E-state index in [4.69, 9.17) is 22.1 Å². The first-order chi connectivity index (χ1) is 9.10. The fourth-order valence-electron chi connectivity index (χ4n) is 2.73. The first-order valence-corrected chi connectivity index (χ1v) is 6.88. The molecule has 2 heterocycles. The average molecular weight is 298 g/mol. The molecule has 0 radical (unpaired) electrons. The molecule has 0 aromatic carbocycles. The molecular weight excluding hydrogens is 278 g/mol. The molecule has 0 unspecified atom stereocenters. The molecule has 1 aliphatic heterocycles. The Morgan fingerprint density at radius 1 is 1.35 bits per heavy atom. The number of rotatable bonds is 1. The highest BCUT2D eigenvalue weighted by molar-refractivity contribution is 6.29. The van der Waals surface area contributed by atoms with Crippen molar-refractivity contribution in [3.63, 3.8) is 0 Å². The zero-order valence-corrected chi connectivity index (χ0v) is 13.0. The number of amides is 1. The number of ether oxygens (including phenoxy) is 1. The van der Waals surface area contributed by atoms with Gasteiger partial charge in [0.15, 0.2) is 0 Å². The van der Waals surface area contributed by atoms with Gasteiger partial charge in [0.2, 0.25) is 0 Å². The maximum Gasteiger partial charge on any atom is 0.256 e. The van der Waals surface area contributed by atoms with E-state index >= 15 is 0 Å². The van der Waals surface area contributed by atoms with Crippen LogP contribution in [0.15, 0.2) is 12.3 Å². The summed E-state index contributed by atoms with van der Waals surface area (Å²) in [7, 11) is 0. The number of hydrogen-bond donors (Lipinski definition) is 1. The predicted molar refractivity (Wildman–Crippen MR) is 78.8 cm³/mol. The molecule has 1 saturated heterocycles. The normalized spacial score (nSPS) is 20.8. The van der Waals surface area contributed by atoms with Crippen molar-refractivity contribution in [2.45, 2.75) is 38.9 Å². The summed E-state index contributed by atoms with van der Waals surface area (Å²) < 4.78 is 5.97. The monoisotopic (exact) mass is 297 g/mol. The molecule has 2 rings (SSSR count). The maximum absolute atomic E-state index is 12.7. The molecule has 1 aromatic rings. The third-order valence-electron chi connectivity index (χ3n) is 3.11. The van der Waals surface area contributed by atoms with Crippen molar-refractivity contribution in [2.24, 2.45) is 0 Å². The van der Waals surface area contributed by atoms with Crippen LogP contribution in [0.4, 0.5) is 5.69 Å². The summed E-state index contributed by atoms with van der Waals surface area (Å²) in [5.74, 6) is -0.142. The summed E-state index contributed by atoms with van der Waals surface area (Å²) in [6, 6.07) is 1.51. The molecule has 20 heavy (non-hydrogen) atoms. The molecule has 1 fully saturated rings. The number of halogens is 1. The Balaban J connectivity index is 2.31. The van der Waals surface area contributed by atoms with Crippen LogP contribution in [0.1, 0.15) is 38.1 Å². The van der Waals surface area contributed by atoms with Gasteiger partial charge in [0.25, 0.3) is 5.91 Å². The Hall–Kier alpha value is -1.33. The molecule has 6 heteroatoms. The minimum Gasteiger partial charge on any atom is -0.397 e. The summed E-state index contributed by atoms with van der Waals surface area (Å²) >= 11 is 5.85. The number of anilines is 1. The topological polar surface area (TPSA) is 68.5 Å². The molecule has 110 valence electrons. The van der Waals surface area contributed by atoms with Crippen molar-refractivity contribution < 1.29 is 9.53 Å². The van der Waals surface area contributed by atoms with E-state index in [-0.39, 0.29) is 11.1 Å². The highest BCUT2D eigenvalue weighted by Gasteiger charge is 2.40. The predicted octanol–water partition coefficient (Wildman–Crippen LogP) is 2.35. The van der Waals surface area contributed by atoms with E-state index in [2.05, 4.69) is 4.98 Å². The quantitative estimate of drug-likeness (QED) is 0.808. The number of aromatic nitrogens is 1. The van der Waals surface area contributed by atoms with Gasteiger partial charge in [0.05, 0.1) is 28.6 Å². The molecule has 1 aliphatic rings. The van der Waals surface area contributed by atoms with Crippen LogP contribution in [-0.4, -0.2) is 40.1 Å². The van der Waals surface area contributed by atoms with Crippen molar-refractivity contribution >= 4 is 23.2 Å². The summed E-state index contributed by atoms with van der Waals surface area (Å²) in [6.45, 7) is 8.89. The van der Waals surface area contributed by atoms with E-state index in [1.54, 1.807) is 4.90 Å². The molecule has 2 N–H and O–H groups in total. The van der Waals surface area contributed by atoms with Crippen molar-refractivity contribution in [3.8, 4) is 0 Å². The van der Waals surface area contributed by atoms with E-state index in [0.717, 1.165) is 0 Å². The molecule has 0 atom stereocenters. The van der Waals surface area contributed by atoms with Crippen molar-refractivity contribution in [1.29, 1.82) is 0 Å². The smallest absolute Gasteiger partial charge is 0.256 e. The van der Waals surface area contributed by atoms with Crippen molar-refractivity contribution in [1.82, 2.24) is 9.88 Å². The Labute approximate surface area is 124 Å². The first-order valence-electron chi connectivity index (χ1n) is 6.50. The number of nitrogens with zero attached hydrogens (tertiary/aromatic N) is 2. The summed E-state index contributed by atoms with van der Waals surface area (Å²) in [5.41, 5.74) is 5.75. The number of morpholine rings is 1. The standard InChI is InChI=1S/C14H20ClN3O2/c1-13(2)7-18(8-14(3,4)20-13)12(19)9-5-11(15)17-6-10(9)16/h5-6H,7-8,16H2,1-4H3. The van der Waals surface area contributed by atoms with Gasteiger partial charge in [-0.15, -0.1) is 0 Å². The molecule has 0 spiro atoms. The zero-order chi connectivity index (χ0) is 15.1. The van der Waals surface area contributed by atoms with Gasteiger partial charge in [0, 0.05) is 13.1 Å². The fraction of sp³-hybridized carbons (Fsp3) is 0.571. The van der Waals surface area contributed by atoms with E-state index < -0.39 is 11.2 Å². The van der Waals surface area contributed by atoms with Gasteiger partial charge in [-0.05, 0) is 33.8 Å². The van der Waals surface area contributed by atoms with Gasteiger partial charge in [-0.3, -0.25) is 4.79 Å². The van der Waals surface area contributed by atoms with Crippen LogP contribution in [0.5, 0.6) is 0 Å². The van der Waals surface area contributed by atoms with Crippen LogP contribution < -0.4 is 5.73 Å². The molecule has 5 nitrogen and oxygen atoms in total. The highest BCUT2D eigenvalue weighted by atomic mass is 35.5. The minimum absolute atomic E-state index is 0.142. The Morgan fingerprint density at radius 3 is 2.45 bits per heavy atom. The Morgan fingerprint density at radius 2 is 1.90 bits per heavy atom. The average Bonchev–Trinajstić information content (AvgIpc) is 2.27. The van der Waals surface area contributed by atoms with Crippen LogP contribution in [-0.2, 0) is 4.74 Å². The lowest BCUT2D eigenvalue weighted by atomic mass is 9.98. The van der Waals surface area contributed by atoms with Gasteiger partial charge in [-0.25, -0.2) is 4.98 Å². The number of carbonyl (C=O) groups is 1. The zero-order valence-electron chi connectivity index (χ0n) is 12.2. The van der Waals surface area contributed by atoms with Gasteiger partial charge >= 0.3 is 0 Å². The first kappa shape index (κ1) is 15.1.